The van der Waals surface area contributed by atoms with Crippen LogP contribution in [0.5, 0.6) is 0 Å². The predicted molar refractivity (Wildman–Crippen MR) is 75.1 cm³/mol. The minimum Gasteiger partial charge on any atom is -0.316 e. The molecule has 1 N–H and O–H groups in total. The van der Waals surface area contributed by atoms with Gasteiger partial charge < -0.3 is 15.1 Å². The zero-order chi connectivity index (χ0) is 12.9. The molecule has 1 aromatic rings. The molecule has 4 aliphatic heterocycles. The van der Waals surface area contributed by atoms with Gasteiger partial charge in [0, 0.05) is 69.0 Å². The van der Waals surface area contributed by atoms with E-state index in [4.69, 9.17) is 0 Å². The SMILES string of the molecule is CNC1C2CN3CCN(C2)CC1(c1ccncc1)C3. The molecule has 0 aromatic carbocycles. The van der Waals surface area contributed by atoms with Gasteiger partial charge >= 0.3 is 0 Å². The van der Waals surface area contributed by atoms with E-state index in [2.05, 4.69) is 39.3 Å². The molecule has 3 unspecified atom stereocenters. The van der Waals surface area contributed by atoms with Crippen LogP contribution in [0.3, 0.4) is 0 Å². The second-order valence-electron chi connectivity index (χ2n) is 6.39. The number of hydrogen-bond donors (Lipinski definition) is 1. The first kappa shape index (κ1) is 11.8. The molecule has 0 aliphatic carbocycles. The van der Waals surface area contributed by atoms with Crippen molar-refractivity contribution in [3.8, 4) is 0 Å². The third-order valence-electron chi connectivity index (χ3n) is 5.36. The zero-order valence-electron chi connectivity index (χ0n) is 11.5. The third kappa shape index (κ3) is 1.67. The van der Waals surface area contributed by atoms with E-state index in [1.807, 2.05) is 12.4 Å². The molecule has 0 radical (unpaired) electrons. The van der Waals surface area contributed by atoms with Crippen molar-refractivity contribution in [1.29, 1.82) is 0 Å². The number of hydrogen-bond acceptors (Lipinski definition) is 4. The Morgan fingerprint density at radius 2 is 1.79 bits per heavy atom. The Bertz CT molecular complexity index is 444. The molecule has 0 saturated carbocycles. The van der Waals surface area contributed by atoms with Crippen molar-refractivity contribution in [3.05, 3.63) is 30.1 Å². The molecule has 4 fully saturated rings. The maximum atomic E-state index is 4.20. The average molecular weight is 258 g/mol. The molecule has 3 atom stereocenters. The van der Waals surface area contributed by atoms with Crippen molar-refractivity contribution >= 4 is 0 Å². The van der Waals surface area contributed by atoms with Crippen molar-refractivity contribution in [2.24, 2.45) is 5.92 Å². The van der Waals surface area contributed by atoms with Gasteiger partial charge in [-0.1, -0.05) is 0 Å². The van der Waals surface area contributed by atoms with Crippen LogP contribution in [0.15, 0.2) is 24.5 Å². The summed E-state index contributed by atoms with van der Waals surface area (Å²) in [6.45, 7) is 7.37. The normalized spacial score (nSPS) is 44.3. The van der Waals surface area contributed by atoms with Crippen molar-refractivity contribution in [2.75, 3.05) is 46.3 Å². The first-order valence-electron chi connectivity index (χ1n) is 7.34. The van der Waals surface area contributed by atoms with Gasteiger partial charge in [-0.05, 0) is 24.7 Å². The summed E-state index contributed by atoms with van der Waals surface area (Å²) in [7, 11) is 2.14. The Balaban J connectivity index is 1.83. The van der Waals surface area contributed by atoms with Crippen LogP contribution in [0.25, 0.3) is 0 Å². The molecule has 4 nitrogen and oxygen atoms in total. The van der Waals surface area contributed by atoms with Crippen LogP contribution >= 0.6 is 0 Å². The van der Waals surface area contributed by atoms with Gasteiger partial charge in [-0.2, -0.15) is 0 Å². The Labute approximate surface area is 114 Å². The highest BCUT2D eigenvalue weighted by atomic mass is 15.3. The van der Waals surface area contributed by atoms with Crippen LogP contribution in [-0.4, -0.2) is 67.1 Å². The van der Waals surface area contributed by atoms with Crippen molar-refractivity contribution in [1.82, 2.24) is 20.1 Å². The predicted octanol–water partition coefficient (Wildman–Crippen LogP) is 0.168. The van der Waals surface area contributed by atoms with Crippen LogP contribution in [0.1, 0.15) is 5.56 Å². The number of aromatic nitrogens is 1. The Morgan fingerprint density at radius 1 is 1.16 bits per heavy atom. The highest BCUT2D eigenvalue weighted by Crippen LogP contribution is 2.42. The standard InChI is InChI=1S/C15H22N4/c1-16-14-12-8-18-6-7-19(9-12)11-15(14,10-18)13-2-4-17-5-3-13/h2-5,12,14,16H,6-11H2,1H3. The number of pyridine rings is 1. The van der Waals surface area contributed by atoms with Crippen LogP contribution < -0.4 is 5.32 Å². The number of likely N-dealkylation sites (N-methyl/N-ethyl adjacent to an activating group) is 1. The summed E-state index contributed by atoms with van der Waals surface area (Å²) in [5.74, 6) is 0.753. The summed E-state index contributed by atoms with van der Waals surface area (Å²) in [6.07, 6.45) is 3.89. The number of piperidine rings is 2. The van der Waals surface area contributed by atoms with E-state index in [1.54, 1.807) is 0 Å². The van der Waals surface area contributed by atoms with Crippen LogP contribution in [-0.2, 0) is 5.41 Å². The fourth-order valence-corrected chi connectivity index (χ4v) is 4.74. The molecule has 19 heavy (non-hydrogen) atoms. The van der Waals surface area contributed by atoms with Crippen molar-refractivity contribution in [3.63, 3.8) is 0 Å². The summed E-state index contributed by atoms with van der Waals surface area (Å²) in [5.41, 5.74) is 1.71. The average Bonchev–Trinajstić information content (AvgIpc) is 2.68. The molecule has 4 aliphatic rings. The van der Waals surface area contributed by atoms with Crippen molar-refractivity contribution in [2.45, 2.75) is 11.5 Å². The van der Waals surface area contributed by atoms with Gasteiger partial charge in [-0.3, -0.25) is 4.98 Å². The van der Waals surface area contributed by atoms with E-state index in [0.29, 0.717) is 6.04 Å². The molecular weight excluding hydrogens is 236 g/mol. The summed E-state index contributed by atoms with van der Waals surface area (Å²) in [4.78, 5) is 9.54. The van der Waals surface area contributed by atoms with Gasteiger partial charge in [0.2, 0.25) is 0 Å². The Hall–Kier alpha value is -0.970. The summed E-state index contributed by atoms with van der Waals surface area (Å²) >= 11 is 0. The fraction of sp³-hybridized carbons (Fsp3) is 0.667. The summed E-state index contributed by atoms with van der Waals surface area (Å²) in [6, 6.07) is 5.04. The number of nitrogens with one attached hydrogen (secondary N) is 1. The fourth-order valence-electron chi connectivity index (χ4n) is 4.74. The second-order valence-corrected chi connectivity index (χ2v) is 6.39. The maximum absolute atomic E-state index is 4.20. The first-order valence-corrected chi connectivity index (χ1v) is 7.34. The van der Waals surface area contributed by atoms with Crippen molar-refractivity contribution < 1.29 is 0 Å². The molecule has 0 spiro atoms. The lowest BCUT2D eigenvalue weighted by atomic mass is 9.64. The molecule has 102 valence electrons. The second kappa shape index (κ2) is 4.27. The maximum Gasteiger partial charge on any atom is 0.0365 e. The minimum absolute atomic E-state index is 0.245. The van der Waals surface area contributed by atoms with E-state index in [1.165, 1.54) is 44.8 Å². The van der Waals surface area contributed by atoms with Gasteiger partial charge in [0.1, 0.15) is 0 Å². The highest BCUT2D eigenvalue weighted by Gasteiger charge is 2.54. The molecule has 4 saturated heterocycles. The lowest BCUT2D eigenvalue weighted by Crippen LogP contribution is -2.69. The quantitative estimate of drug-likeness (QED) is 0.819. The molecule has 5 heterocycles. The van der Waals surface area contributed by atoms with E-state index in [9.17, 15) is 0 Å². The number of fused-ring (bicyclic) bond motifs is 1. The van der Waals surface area contributed by atoms with E-state index >= 15 is 0 Å². The Morgan fingerprint density at radius 3 is 2.37 bits per heavy atom. The topological polar surface area (TPSA) is 31.4 Å². The van der Waals surface area contributed by atoms with Gasteiger partial charge in [0.05, 0.1) is 0 Å². The molecule has 0 amide bonds. The van der Waals surface area contributed by atoms with Gasteiger partial charge in [0.15, 0.2) is 0 Å². The molecule has 4 bridgehead atoms. The smallest absolute Gasteiger partial charge is 0.0365 e. The van der Waals surface area contributed by atoms with Crippen LogP contribution in [0.2, 0.25) is 0 Å². The van der Waals surface area contributed by atoms with Gasteiger partial charge in [-0.15, -0.1) is 0 Å². The first-order chi connectivity index (χ1) is 9.32. The van der Waals surface area contributed by atoms with E-state index < -0.39 is 0 Å². The number of nitrogens with zero attached hydrogens (tertiary/aromatic N) is 3. The Kier molecular flexibility index (Phi) is 2.65. The largest absolute Gasteiger partial charge is 0.316 e. The van der Waals surface area contributed by atoms with Gasteiger partial charge in [-0.25, -0.2) is 0 Å². The molecular formula is C15H22N4. The lowest BCUT2D eigenvalue weighted by molar-refractivity contribution is 0.0216. The summed E-state index contributed by atoms with van der Waals surface area (Å²) in [5, 5.41) is 3.64. The van der Waals surface area contributed by atoms with E-state index in [0.717, 1.165) is 5.92 Å². The third-order valence-corrected chi connectivity index (χ3v) is 5.36. The number of rotatable bonds is 2. The minimum atomic E-state index is 0.245. The molecule has 5 rings (SSSR count). The van der Waals surface area contributed by atoms with Crippen LogP contribution in [0, 0.1) is 5.92 Å². The zero-order valence-corrected chi connectivity index (χ0v) is 11.5. The summed E-state index contributed by atoms with van der Waals surface area (Å²) < 4.78 is 0. The molecule has 4 heteroatoms. The molecule has 1 aromatic heterocycles. The monoisotopic (exact) mass is 258 g/mol. The van der Waals surface area contributed by atoms with E-state index in [-0.39, 0.29) is 5.41 Å². The van der Waals surface area contributed by atoms with Crippen LogP contribution in [0.4, 0.5) is 0 Å². The highest BCUT2D eigenvalue weighted by molar-refractivity contribution is 5.31. The van der Waals surface area contributed by atoms with Gasteiger partial charge in [0.25, 0.3) is 0 Å². The lowest BCUT2D eigenvalue weighted by Gasteiger charge is -2.55.